The van der Waals surface area contributed by atoms with Gasteiger partial charge in [0, 0.05) is 25.0 Å². The molecule has 0 unspecified atom stereocenters. The second-order valence-corrected chi connectivity index (χ2v) is 4.42. The van der Waals surface area contributed by atoms with E-state index in [4.69, 9.17) is 0 Å². The molecule has 0 saturated carbocycles. The van der Waals surface area contributed by atoms with Crippen LogP contribution in [-0.4, -0.2) is 25.1 Å². The molecule has 0 aliphatic carbocycles. The molecule has 0 spiro atoms. The van der Waals surface area contributed by atoms with Crippen LogP contribution >= 0.6 is 0 Å². The second-order valence-electron chi connectivity index (χ2n) is 4.42. The van der Waals surface area contributed by atoms with Crippen LogP contribution in [0.15, 0.2) is 18.5 Å². The maximum absolute atomic E-state index is 12.0. The van der Waals surface area contributed by atoms with Gasteiger partial charge in [-0.3, -0.25) is 19.6 Å². The Kier molecular flexibility index (Phi) is 3.20. The van der Waals surface area contributed by atoms with E-state index in [0.29, 0.717) is 17.0 Å². The Morgan fingerprint density at radius 1 is 1.47 bits per heavy atom. The van der Waals surface area contributed by atoms with Gasteiger partial charge in [-0.1, -0.05) is 0 Å². The summed E-state index contributed by atoms with van der Waals surface area (Å²) in [6.45, 7) is 3.16. The number of aryl methyl sites for hydroxylation is 2. The van der Waals surface area contributed by atoms with Crippen LogP contribution in [0.1, 0.15) is 21.7 Å². The van der Waals surface area contributed by atoms with Crippen molar-refractivity contribution in [1.82, 2.24) is 14.3 Å². The predicted molar refractivity (Wildman–Crippen MR) is 68.1 cm³/mol. The van der Waals surface area contributed by atoms with Gasteiger partial charge in [0.25, 0.3) is 0 Å². The molecule has 2 aromatic rings. The number of carbonyl (C=O) groups excluding carboxylic acids is 1. The van der Waals surface area contributed by atoms with E-state index in [1.54, 1.807) is 36.9 Å². The van der Waals surface area contributed by atoms with E-state index < -0.39 is 4.92 Å². The van der Waals surface area contributed by atoms with Crippen molar-refractivity contribution in [1.29, 1.82) is 0 Å². The van der Waals surface area contributed by atoms with Gasteiger partial charge in [0.05, 0.1) is 4.92 Å². The fourth-order valence-corrected chi connectivity index (χ4v) is 2.00. The van der Waals surface area contributed by atoms with Gasteiger partial charge < -0.3 is 4.57 Å². The number of carbonyl (C=O) groups is 1. The summed E-state index contributed by atoms with van der Waals surface area (Å²) >= 11 is 0. The summed E-state index contributed by atoms with van der Waals surface area (Å²) in [6.07, 6.45) is 3.49. The zero-order valence-corrected chi connectivity index (χ0v) is 11.0. The molecule has 0 aliphatic heterocycles. The van der Waals surface area contributed by atoms with Crippen molar-refractivity contribution in [3.8, 4) is 0 Å². The van der Waals surface area contributed by atoms with Crippen molar-refractivity contribution in [2.75, 3.05) is 0 Å². The molecule has 0 aliphatic rings. The van der Waals surface area contributed by atoms with Crippen LogP contribution < -0.4 is 0 Å². The summed E-state index contributed by atoms with van der Waals surface area (Å²) in [7, 11) is 1.82. The largest absolute Gasteiger partial charge is 0.357 e. The number of aromatic nitrogens is 3. The Balaban J connectivity index is 2.27. The Hall–Kier alpha value is -2.44. The standard InChI is InChI=1S/C12H14N4O3/c1-8-12(16(18)19)9(2)15(13-8)7-11(17)10-4-5-14(3)6-10/h4-6H,7H2,1-3H3. The van der Waals surface area contributed by atoms with Crippen molar-refractivity contribution < 1.29 is 9.72 Å². The van der Waals surface area contributed by atoms with Gasteiger partial charge in [-0.05, 0) is 19.9 Å². The number of hydrogen-bond acceptors (Lipinski definition) is 4. The Morgan fingerprint density at radius 3 is 2.63 bits per heavy atom. The lowest BCUT2D eigenvalue weighted by Gasteiger charge is -2.01. The lowest BCUT2D eigenvalue weighted by Crippen LogP contribution is -2.12. The molecular formula is C12H14N4O3. The number of nitrogens with zero attached hydrogens (tertiary/aromatic N) is 4. The maximum Gasteiger partial charge on any atom is 0.312 e. The van der Waals surface area contributed by atoms with Crippen LogP contribution in [0.4, 0.5) is 5.69 Å². The number of Topliss-reactive ketones (excluding diaryl/α,β-unsaturated/α-hetero) is 1. The highest BCUT2D eigenvalue weighted by molar-refractivity contribution is 5.95. The second kappa shape index (κ2) is 4.68. The van der Waals surface area contributed by atoms with E-state index in [9.17, 15) is 14.9 Å². The van der Waals surface area contributed by atoms with Crippen LogP contribution in [0.5, 0.6) is 0 Å². The van der Waals surface area contributed by atoms with Crippen molar-refractivity contribution in [2.24, 2.45) is 7.05 Å². The Morgan fingerprint density at radius 2 is 2.16 bits per heavy atom. The van der Waals surface area contributed by atoms with Gasteiger partial charge in [-0.25, -0.2) is 0 Å². The highest BCUT2D eigenvalue weighted by Crippen LogP contribution is 2.21. The molecule has 2 heterocycles. The van der Waals surface area contributed by atoms with E-state index in [1.165, 1.54) is 4.68 Å². The highest BCUT2D eigenvalue weighted by Gasteiger charge is 2.23. The van der Waals surface area contributed by atoms with Crippen molar-refractivity contribution in [3.63, 3.8) is 0 Å². The first kappa shape index (κ1) is 13.0. The van der Waals surface area contributed by atoms with Crippen molar-refractivity contribution in [3.05, 3.63) is 45.5 Å². The summed E-state index contributed by atoms with van der Waals surface area (Å²) in [5.74, 6) is -0.124. The summed E-state index contributed by atoms with van der Waals surface area (Å²) < 4.78 is 3.15. The van der Waals surface area contributed by atoms with Gasteiger partial charge in [0.15, 0.2) is 5.78 Å². The van der Waals surface area contributed by atoms with E-state index in [-0.39, 0.29) is 18.0 Å². The molecule has 7 heteroatoms. The molecule has 0 aromatic carbocycles. The average Bonchev–Trinajstić information content (AvgIpc) is 2.84. The summed E-state index contributed by atoms with van der Waals surface area (Å²) in [5, 5.41) is 14.9. The average molecular weight is 262 g/mol. The minimum Gasteiger partial charge on any atom is -0.357 e. The first-order valence-electron chi connectivity index (χ1n) is 5.73. The molecule has 0 radical (unpaired) electrons. The number of hydrogen-bond donors (Lipinski definition) is 0. The third-order valence-corrected chi connectivity index (χ3v) is 2.97. The molecule has 0 atom stereocenters. The molecule has 100 valence electrons. The van der Waals surface area contributed by atoms with Gasteiger partial charge >= 0.3 is 5.69 Å². The van der Waals surface area contributed by atoms with Gasteiger partial charge in [0.1, 0.15) is 17.9 Å². The van der Waals surface area contributed by atoms with E-state index in [0.717, 1.165) is 0 Å². The fraction of sp³-hybridized carbons (Fsp3) is 0.333. The normalized spacial score (nSPS) is 10.7. The van der Waals surface area contributed by atoms with Crippen LogP contribution in [0.25, 0.3) is 0 Å². The summed E-state index contributed by atoms with van der Waals surface area (Å²) in [5.41, 5.74) is 1.26. The maximum atomic E-state index is 12.0. The molecule has 2 rings (SSSR count). The zero-order chi connectivity index (χ0) is 14.2. The smallest absolute Gasteiger partial charge is 0.312 e. The van der Waals surface area contributed by atoms with E-state index >= 15 is 0 Å². The number of rotatable bonds is 4. The van der Waals surface area contributed by atoms with Crippen LogP contribution in [0, 0.1) is 24.0 Å². The molecule has 0 N–H and O–H groups in total. The van der Waals surface area contributed by atoms with Gasteiger partial charge in [-0.2, -0.15) is 5.10 Å². The minimum atomic E-state index is -0.471. The first-order chi connectivity index (χ1) is 8.90. The molecule has 0 amide bonds. The highest BCUT2D eigenvalue weighted by atomic mass is 16.6. The lowest BCUT2D eigenvalue weighted by atomic mass is 10.2. The molecular weight excluding hydrogens is 248 g/mol. The van der Waals surface area contributed by atoms with Crippen molar-refractivity contribution >= 4 is 11.5 Å². The van der Waals surface area contributed by atoms with Crippen LogP contribution in [0.3, 0.4) is 0 Å². The molecule has 0 fully saturated rings. The van der Waals surface area contributed by atoms with E-state index in [2.05, 4.69) is 5.10 Å². The van der Waals surface area contributed by atoms with Crippen LogP contribution in [0.2, 0.25) is 0 Å². The van der Waals surface area contributed by atoms with Gasteiger partial charge in [0.2, 0.25) is 0 Å². The Bertz CT molecular complexity index is 654. The van der Waals surface area contributed by atoms with Gasteiger partial charge in [-0.15, -0.1) is 0 Å². The Labute approximate surface area is 109 Å². The lowest BCUT2D eigenvalue weighted by molar-refractivity contribution is -0.386. The van der Waals surface area contributed by atoms with E-state index in [1.807, 2.05) is 7.05 Å². The van der Waals surface area contributed by atoms with Crippen molar-refractivity contribution in [2.45, 2.75) is 20.4 Å². The fourth-order valence-electron chi connectivity index (χ4n) is 2.00. The molecule has 7 nitrogen and oxygen atoms in total. The predicted octanol–water partition coefficient (Wildman–Crippen LogP) is 1.63. The molecule has 0 saturated heterocycles. The SMILES string of the molecule is Cc1nn(CC(=O)c2ccn(C)c2)c(C)c1[N+](=O)[O-]. The molecule has 0 bridgehead atoms. The number of nitro groups is 1. The minimum absolute atomic E-state index is 0.00449. The monoisotopic (exact) mass is 262 g/mol. The summed E-state index contributed by atoms with van der Waals surface area (Å²) in [4.78, 5) is 22.4. The zero-order valence-electron chi connectivity index (χ0n) is 11.0. The molecule has 2 aromatic heterocycles. The first-order valence-corrected chi connectivity index (χ1v) is 5.73. The third-order valence-electron chi connectivity index (χ3n) is 2.97. The summed E-state index contributed by atoms with van der Waals surface area (Å²) in [6, 6.07) is 1.71. The third kappa shape index (κ3) is 2.40. The number of ketones is 1. The van der Waals surface area contributed by atoms with Crippen LogP contribution in [-0.2, 0) is 13.6 Å². The molecule has 19 heavy (non-hydrogen) atoms. The quantitative estimate of drug-likeness (QED) is 0.476. The topological polar surface area (TPSA) is 83.0 Å².